The van der Waals surface area contributed by atoms with Gasteiger partial charge in [0.1, 0.15) is 17.8 Å². The van der Waals surface area contributed by atoms with Gasteiger partial charge in [-0.2, -0.15) is 0 Å². The van der Waals surface area contributed by atoms with E-state index in [1.54, 1.807) is 24.7 Å². The SMILES string of the molecule is CN(c1ncnc2[nH]ccc12)C1CC(CS(=O)(=O)c2cccnc2)C1. The van der Waals surface area contributed by atoms with E-state index in [0.717, 1.165) is 29.7 Å². The maximum Gasteiger partial charge on any atom is 0.180 e. The van der Waals surface area contributed by atoms with Gasteiger partial charge < -0.3 is 9.88 Å². The summed E-state index contributed by atoms with van der Waals surface area (Å²) in [6.07, 6.45) is 8.07. The number of H-pyrrole nitrogens is 1. The van der Waals surface area contributed by atoms with Gasteiger partial charge in [-0.1, -0.05) is 0 Å². The quantitative estimate of drug-likeness (QED) is 0.751. The highest BCUT2D eigenvalue weighted by Gasteiger charge is 2.36. The van der Waals surface area contributed by atoms with E-state index in [1.165, 1.54) is 6.20 Å². The first kappa shape index (κ1) is 16.0. The number of nitrogens with zero attached hydrogens (tertiary/aromatic N) is 4. The summed E-state index contributed by atoms with van der Waals surface area (Å²) in [5.41, 5.74) is 0.812. The van der Waals surface area contributed by atoms with Gasteiger partial charge in [0.25, 0.3) is 0 Å². The molecule has 7 nitrogen and oxygen atoms in total. The second kappa shape index (κ2) is 6.11. The van der Waals surface area contributed by atoms with Crippen LogP contribution in [0.15, 0.2) is 48.0 Å². The van der Waals surface area contributed by atoms with Crippen molar-refractivity contribution < 1.29 is 8.42 Å². The molecule has 1 fully saturated rings. The lowest BCUT2D eigenvalue weighted by atomic mass is 9.81. The third-order valence-electron chi connectivity index (χ3n) is 4.87. The zero-order valence-electron chi connectivity index (χ0n) is 13.8. The Morgan fingerprint density at radius 2 is 2.12 bits per heavy atom. The second-order valence-electron chi connectivity index (χ2n) is 6.51. The molecule has 0 radical (unpaired) electrons. The Bertz CT molecular complexity index is 980. The van der Waals surface area contributed by atoms with Crippen molar-refractivity contribution in [3.63, 3.8) is 0 Å². The van der Waals surface area contributed by atoms with Gasteiger partial charge in [0.05, 0.1) is 16.0 Å². The summed E-state index contributed by atoms with van der Waals surface area (Å²) in [6, 6.07) is 5.52. The molecule has 8 heteroatoms. The number of fused-ring (bicyclic) bond motifs is 1. The number of aromatic nitrogens is 4. The molecular formula is C17H19N5O2S. The molecule has 4 rings (SSSR count). The van der Waals surface area contributed by atoms with E-state index < -0.39 is 9.84 Å². The summed E-state index contributed by atoms with van der Waals surface area (Å²) >= 11 is 0. The molecule has 0 unspecified atom stereocenters. The van der Waals surface area contributed by atoms with E-state index in [4.69, 9.17) is 0 Å². The first-order valence-corrected chi connectivity index (χ1v) is 9.83. The van der Waals surface area contributed by atoms with Crippen molar-refractivity contribution >= 4 is 26.7 Å². The van der Waals surface area contributed by atoms with Gasteiger partial charge in [-0.05, 0) is 37.0 Å². The standard InChI is InChI=1S/C17H19N5O2S/c1-22(17-15-4-6-19-16(15)20-11-21-17)13-7-12(8-13)10-25(23,24)14-3-2-5-18-9-14/h2-6,9,11-13H,7-8,10H2,1H3,(H,19,20,21). The van der Waals surface area contributed by atoms with Gasteiger partial charge in [0.2, 0.25) is 0 Å². The Hall–Kier alpha value is -2.48. The molecule has 25 heavy (non-hydrogen) atoms. The zero-order valence-corrected chi connectivity index (χ0v) is 14.6. The van der Waals surface area contributed by atoms with Crippen LogP contribution in [0.25, 0.3) is 11.0 Å². The Morgan fingerprint density at radius 1 is 1.28 bits per heavy atom. The molecule has 3 aromatic rings. The Labute approximate surface area is 146 Å². The van der Waals surface area contributed by atoms with Crippen molar-refractivity contribution in [1.82, 2.24) is 19.9 Å². The van der Waals surface area contributed by atoms with Gasteiger partial charge in [-0.3, -0.25) is 4.98 Å². The molecular weight excluding hydrogens is 338 g/mol. The number of hydrogen-bond donors (Lipinski definition) is 1. The predicted molar refractivity (Wildman–Crippen MR) is 95.1 cm³/mol. The van der Waals surface area contributed by atoms with Crippen LogP contribution < -0.4 is 4.90 Å². The van der Waals surface area contributed by atoms with Crippen LogP contribution in [-0.2, 0) is 9.84 Å². The Kier molecular flexibility index (Phi) is 3.91. The highest BCUT2D eigenvalue weighted by molar-refractivity contribution is 7.91. The molecule has 1 N–H and O–H groups in total. The molecule has 3 heterocycles. The van der Waals surface area contributed by atoms with Crippen molar-refractivity contribution in [2.45, 2.75) is 23.8 Å². The van der Waals surface area contributed by atoms with E-state index in [-0.39, 0.29) is 11.7 Å². The number of aromatic amines is 1. The molecule has 0 saturated heterocycles. The summed E-state index contributed by atoms with van der Waals surface area (Å²) in [5, 5.41) is 0.983. The van der Waals surface area contributed by atoms with Gasteiger partial charge in [-0.25, -0.2) is 18.4 Å². The summed E-state index contributed by atoms with van der Waals surface area (Å²) in [5.74, 6) is 1.22. The molecule has 3 aromatic heterocycles. The number of rotatable bonds is 5. The summed E-state index contributed by atoms with van der Waals surface area (Å²) in [6.45, 7) is 0. The lowest BCUT2D eigenvalue weighted by Gasteiger charge is -2.41. The van der Waals surface area contributed by atoms with Crippen molar-refractivity contribution in [2.24, 2.45) is 5.92 Å². The molecule has 0 amide bonds. The lowest BCUT2D eigenvalue weighted by Crippen LogP contribution is -2.45. The van der Waals surface area contributed by atoms with Crippen LogP contribution in [0.4, 0.5) is 5.82 Å². The fourth-order valence-electron chi connectivity index (χ4n) is 3.40. The van der Waals surface area contributed by atoms with Gasteiger partial charge in [0.15, 0.2) is 9.84 Å². The van der Waals surface area contributed by atoms with Crippen LogP contribution in [0.1, 0.15) is 12.8 Å². The van der Waals surface area contributed by atoms with E-state index in [9.17, 15) is 8.42 Å². The first-order valence-electron chi connectivity index (χ1n) is 8.18. The van der Waals surface area contributed by atoms with Gasteiger partial charge in [-0.15, -0.1) is 0 Å². The fourth-order valence-corrected chi connectivity index (χ4v) is 5.00. The minimum atomic E-state index is -3.27. The second-order valence-corrected chi connectivity index (χ2v) is 8.54. The smallest absolute Gasteiger partial charge is 0.180 e. The average Bonchev–Trinajstić information content (AvgIpc) is 3.06. The van der Waals surface area contributed by atoms with Crippen molar-refractivity contribution in [3.05, 3.63) is 43.1 Å². The van der Waals surface area contributed by atoms with Crippen molar-refractivity contribution in [1.29, 1.82) is 0 Å². The molecule has 130 valence electrons. The van der Waals surface area contributed by atoms with E-state index in [2.05, 4.69) is 24.8 Å². The van der Waals surface area contributed by atoms with Crippen LogP contribution in [0, 0.1) is 5.92 Å². The molecule has 0 bridgehead atoms. The normalized spacial score (nSPS) is 20.4. The van der Waals surface area contributed by atoms with Crippen molar-refractivity contribution in [2.75, 3.05) is 17.7 Å². The van der Waals surface area contributed by atoms with E-state index >= 15 is 0 Å². The molecule has 0 spiro atoms. The maximum atomic E-state index is 12.4. The van der Waals surface area contributed by atoms with Crippen LogP contribution >= 0.6 is 0 Å². The summed E-state index contributed by atoms with van der Waals surface area (Å²) < 4.78 is 24.9. The zero-order chi connectivity index (χ0) is 17.4. The summed E-state index contributed by atoms with van der Waals surface area (Å²) in [4.78, 5) is 18.0. The first-order chi connectivity index (χ1) is 12.0. The van der Waals surface area contributed by atoms with Crippen LogP contribution in [0.3, 0.4) is 0 Å². The lowest BCUT2D eigenvalue weighted by molar-refractivity contribution is 0.282. The highest BCUT2D eigenvalue weighted by Crippen LogP contribution is 2.36. The van der Waals surface area contributed by atoms with Crippen LogP contribution in [-0.4, -0.2) is 47.2 Å². The molecule has 1 saturated carbocycles. The molecule has 0 atom stereocenters. The monoisotopic (exact) mass is 357 g/mol. The molecule has 1 aliphatic rings. The topological polar surface area (TPSA) is 91.8 Å². The molecule has 0 aliphatic heterocycles. The highest BCUT2D eigenvalue weighted by atomic mass is 32.2. The average molecular weight is 357 g/mol. The van der Waals surface area contributed by atoms with Crippen molar-refractivity contribution in [3.8, 4) is 0 Å². The van der Waals surface area contributed by atoms with Gasteiger partial charge >= 0.3 is 0 Å². The summed E-state index contributed by atoms with van der Waals surface area (Å²) in [7, 11) is -1.27. The van der Waals surface area contributed by atoms with E-state index in [1.807, 2.05) is 19.3 Å². The Morgan fingerprint density at radius 3 is 2.88 bits per heavy atom. The number of anilines is 1. The van der Waals surface area contributed by atoms with E-state index in [0.29, 0.717) is 10.9 Å². The molecule has 0 aromatic carbocycles. The number of sulfone groups is 1. The number of hydrogen-bond acceptors (Lipinski definition) is 6. The number of nitrogens with one attached hydrogen (secondary N) is 1. The largest absolute Gasteiger partial charge is 0.356 e. The predicted octanol–water partition coefficient (Wildman–Crippen LogP) is 2.04. The Balaban J connectivity index is 1.43. The fraction of sp³-hybridized carbons (Fsp3) is 0.353. The van der Waals surface area contributed by atoms with Gasteiger partial charge in [0, 0.05) is 31.7 Å². The third-order valence-corrected chi connectivity index (χ3v) is 6.74. The minimum absolute atomic E-state index is 0.168. The third kappa shape index (κ3) is 2.97. The minimum Gasteiger partial charge on any atom is -0.356 e. The van der Waals surface area contributed by atoms with Crippen LogP contribution in [0.5, 0.6) is 0 Å². The molecule has 1 aliphatic carbocycles. The van der Waals surface area contributed by atoms with Crippen LogP contribution in [0.2, 0.25) is 0 Å². The number of pyridine rings is 1. The maximum absolute atomic E-state index is 12.4.